The first-order chi connectivity index (χ1) is 5.13. The second-order valence-electron chi connectivity index (χ2n) is 1.60. The fraction of sp³-hybridized carbons (Fsp3) is 1.00. The van der Waals surface area contributed by atoms with Crippen LogP contribution in [0, 0.1) is 0 Å². The molecule has 4 nitrogen and oxygen atoms in total. The maximum absolute atomic E-state index is 8.37. The van der Waals surface area contributed by atoms with E-state index in [1.807, 2.05) is 0 Å². The van der Waals surface area contributed by atoms with Crippen LogP contribution in [0.5, 0.6) is 0 Å². The summed E-state index contributed by atoms with van der Waals surface area (Å²) in [7, 11) is 3.82. The van der Waals surface area contributed by atoms with E-state index in [1.54, 1.807) is 0 Å². The van der Waals surface area contributed by atoms with E-state index < -0.39 is 12.6 Å². The molecule has 7 heteroatoms. The van der Waals surface area contributed by atoms with Crippen molar-refractivity contribution in [2.24, 2.45) is 0 Å². The van der Waals surface area contributed by atoms with Crippen LogP contribution in [-0.4, -0.2) is 44.5 Å². The van der Waals surface area contributed by atoms with Crippen molar-refractivity contribution in [2.75, 3.05) is 11.5 Å². The van der Waals surface area contributed by atoms with E-state index >= 15 is 0 Å². The highest BCUT2D eigenvalue weighted by Gasteiger charge is 2.00. The van der Waals surface area contributed by atoms with Crippen molar-refractivity contribution in [1.29, 1.82) is 0 Å². The summed E-state index contributed by atoms with van der Waals surface area (Å²) >= 11 is 0. The third-order valence-corrected chi connectivity index (χ3v) is 4.72. The zero-order valence-electron chi connectivity index (χ0n) is 5.58. The molecule has 0 aromatic carbocycles. The van der Waals surface area contributed by atoms with E-state index in [-0.39, 0.29) is 11.5 Å². The van der Waals surface area contributed by atoms with Gasteiger partial charge in [0.1, 0.15) is 0 Å². The van der Waals surface area contributed by atoms with Gasteiger partial charge in [-0.2, -0.15) is 0 Å². The molecule has 0 heterocycles. The molecule has 0 aromatic rings. The van der Waals surface area contributed by atoms with Crippen molar-refractivity contribution >= 4 is 31.4 Å². The summed E-state index contributed by atoms with van der Waals surface area (Å²) in [5.74, 6) is 0.443. The van der Waals surface area contributed by atoms with E-state index in [2.05, 4.69) is 0 Å². The SMILES string of the molecule is OC(O)CSSSCC(O)O. The number of aliphatic hydroxyl groups excluding tert-OH is 2. The Morgan fingerprint density at radius 2 is 1.18 bits per heavy atom. The molecule has 11 heavy (non-hydrogen) atoms. The summed E-state index contributed by atoms with van der Waals surface area (Å²) in [6.45, 7) is 0. The van der Waals surface area contributed by atoms with Crippen LogP contribution in [0.1, 0.15) is 0 Å². The molecule has 0 aliphatic heterocycles. The summed E-state index contributed by atoms with van der Waals surface area (Å²) < 4.78 is 0. The molecule has 0 bridgehead atoms. The van der Waals surface area contributed by atoms with E-state index in [0.29, 0.717) is 0 Å². The highest BCUT2D eigenvalue weighted by Crippen LogP contribution is 2.34. The first-order valence-corrected chi connectivity index (χ1v) is 6.58. The van der Waals surface area contributed by atoms with Gasteiger partial charge in [0.05, 0.1) is 11.5 Å². The van der Waals surface area contributed by atoms with Gasteiger partial charge in [0.2, 0.25) is 0 Å². The fourth-order valence-corrected chi connectivity index (χ4v) is 3.51. The van der Waals surface area contributed by atoms with Gasteiger partial charge in [-0.25, -0.2) is 0 Å². The molecule has 0 spiro atoms. The normalized spacial score (nSPS) is 11.5. The number of rotatable bonds is 6. The average Bonchev–Trinajstić information content (AvgIpc) is 1.85. The second kappa shape index (κ2) is 7.53. The van der Waals surface area contributed by atoms with Gasteiger partial charge >= 0.3 is 0 Å². The summed E-state index contributed by atoms with van der Waals surface area (Å²) in [4.78, 5) is 0. The largest absolute Gasteiger partial charge is 0.367 e. The molecule has 0 rings (SSSR count). The Morgan fingerprint density at radius 3 is 1.45 bits per heavy atom. The predicted octanol–water partition coefficient (Wildman–Crippen LogP) is -0.363. The molecule has 0 saturated carbocycles. The third kappa shape index (κ3) is 10.9. The molecule has 0 aromatic heterocycles. The van der Waals surface area contributed by atoms with Crippen LogP contribution in [0.25, 0.3) is 0 Å². The predicted molar refractivity (Wildman–Crippen MR) is 49.0 cm³/mol. The number of hydrogen-bond acceptors (Lipinski definition) is 7. The van der Waals surface area contributed by atoms with Crippen molar-refractivity contribution in [3.8, 4) is 0 Å². The molecule has 0 unspecified atom stereocenters. The third-order valence-electron chi connectivity index (χ3n) is 0.530. The van der Waals surface area contributed by atoms with Crippen LogP contribution in [0.15, 0.2) is 0 Å². The van der Waals surface area contributed by atoms with Gasteiger partial charge in [0.25, 0.3) is 0 Å². The molecular weight excluding hydrogens is 208 g/mol. The Labute approximate surface area is 76.2 Å². The van der Waals surface area contributed by atoms with Crippen molar-refractivity contribution in [3.63, 3.8) is 0 Å². The first kappa shape index (κ1) is 11.9. The summed E-state index contributed by atoms with van der Waals surface area (Å²) in [5.41, 5.74) is 0. The van der Waals surface area contributed by atoms with E-state index in [1.165, 1.54) is 31.4 Å². The lowest BCUT2D eigenvalue weighted by molar-refractivity contribution is -0.0190. The highest BCUT2D eigenvalue weighted by molar-refractivity contribution is 9.09. The zero-order chi connectivity index (χ0) is 8.69. The molecular formula is C4H10O4S3. The van der Waals surface area contributed by atoms with Crippen LogP contribution in [0.2, 0.25) is 0 Å². The van der Waals surface area contributed by atoms with E-state index in [0.717, 1.165) is 0 Å². The average molecular weight is 218 g/mol. The molecule has 0 amide bonds. The van der Waals surface area contributed by atoms with Crippen LogP contribution < -0.4 is 0 Å². The second-order valence-corrected chi connectivity index (χ2v) is 5.92. The summed E-state index contributed by atoms with van der Waals surface area (Å²) in [6.07, 6.45) is -2.60. The molecule has 68 valence electrons. The van der Waals surface area contributed by atoms with Crippen molar-refractivity contribution in [2.45, 2.75) is 12.6 Å². The fourth-order valence-electron chi connectivity index (χ4n) is 0.211. The highest BCUT2D eigenvalue weighted by atomic mass is 33.5. The Hall–Kier alpha value is 0.890. The van der Waals surface area contributed by atoms with Crippen LogP contribution in [0.3, 0.4) is 0 Å². The Balaban J connectivity index is 2.91. The molecule has 0 radical (unpaired) electrons. The van der Waals surface area contributed by atoms with Gasteiger partial charge in [0.15, 0.2) is 12.6 Å². The van der Waals surface area contributed by atoms with Crippen molar-refractivity contribution < 1.29 is 20.4 Å². The minimum Gasteiger partial charge on any atom is -0.367 e. The number of aliphatic hydroxyl groups is 4. The van der Waals surface area contributed by atoms with Crippen LogP contribution in [-0.2, 0) is 0 Å². The smallest absolute Gasteiger partial charge is 0.161 e. The van der Waals surface area contributed by atoms with Crippen LogP contribution >= 0.6 is 31.4 Å². The molecule has 0 aliphatic rings. The van der Waals surface area contributed by atoms with Gasteiger partial charge in [-0.3, -0.25) is 0 Å². The summed E-state index contributed by atoms with van der Waals surface area (Å²) in [6, 6.07) is 0. The molecule has 0 saturated heterocycles. The Bertz CT molecular complexity index is 79.4. The summed E-state index contributed by atoms with van der Waals surface area (Å²) in [5, 5.41) is 33.5. The lowest BCUT2D eigenvalue weighted by atomic mass is 10.8. The van der Waals surface area contributed by atoms with E-state index in [4.69, 9.17) is 20.4 Å². The van der Waals surface area contributed by atoms with Gasteiger partial charge in [0, 0.05) is 0 Å². The molecule has 0 atom stereocenters. The quantitative estimate of drug-likeness (QED) is 0.275. The topological polar surface area (TPSA) is 80.9 Å². The van der Waals surface area contributed by atoms with Gasteiger partial charge in [-0.15, -0.1) is 0 Å². The minimum atomic E-state index is -1.30. The standard InChI is InChI=1S/C4H10O4S3/c5-3(6)1-9-11-10-2-4(7)8/h3-8H,1-2H2. The van der Waals surface area contributed by atoms with Gasteiger partial charge < -0.3 is 20.4 Å². The lowest BCUT2D eigenvalue weighted by Gasteiger charge is -2.02. The van der Waals surface area contributed by atoms with E-state index in [9.17, 15) is 0 Å². The lowest BCUT2D eigenvalue weighted by Crippen LogP contribution is -2.07. The van der Waals surface area contributed by atoms with Gasteiger partial charge in [-0.05, 0) is 9.83 Å². The zero-order valence-corrected chi connectivity index (χ0v) is 8.03. The first-order valence-electron chi connectivity index (χ1n) is 2.76. The van der Waals surface area contributed by atoms with Crippen molar-refractivity contribution in [1.82, 2.24) is 0 Å². The Morgan fingerprint density at radius 1 is 0.818 bits per heavy atom. The van der Waals surface area contributed by atoms with Crippen molar-refractivity contribution in [3.05, 3.63) is 0 Å². The molecule has 4 N–H and O–H groups in total. The van der Waals surface area contributed by atoms with Gasteiger partial charge in [-0.1, -0.05) is 21.6 Å². The molecule has 0 fully saturated rings. The molecule has 0 aliphatic carbocycles. The monoisotopic (exact) mass is 218 g/mol. The number of hydrogen-bond donors (Lipinski definition) is 4. The Kier molecular flexibility index (Phi) is 8.14. The van der Waals surface area contributed by atoms with Crippen LogP contribution in [0.4, 0.5) is 0 Å². The minimum absolute atomic E-state index is 0.221. The maximum Gasteiger partial charge on any atom is 0.161 e. The maximum atomic E-state index is 8.37.